The molecule has 34 heavy (non-hydrogen) atoms. The molecule has 7 rings (SSSR count). The van der Waals surface area contributed by atoms with Gasteiger partial charge in [0, 0.05) is 41.2 Å². The van der Waals surface area contributed by atoms with E-state index in [0.717, 1.165) is 62.9 Å². The number of carbonyl (C=O) groups is 1. The van der Waals surface area contributed by atoms with Crippen LogP contribution in [0.3, 0.4) is 0 Å². The zero-order chi connectivity index (χ0) is 22.9. The molecule has 3 aliphatic heterocycles. The van der Waals surface area contributed by atoms with Crippen LogP contribution in [0.25, 0.3) is 11.4 Å². The van der Waals surface area contributed by atoms with E-state index in [1.807, 2.05) is 54.4 Å². The summed E-state index contributed by atoms with van der Waals surface area (Å²) in [5.41, 5.74) is 6.38. The molecular weight excluding hydrogens is 426 g/mol. The first-order chi connectivity index (χ1) is 16.6. The Kier molecular flexibility index (Phi) is 3.98. The summed E-state index contributed by atoms with van der Waals surface area (Å²) in [6.07, 6.45) is 2.69. The van der Waals surface area contributed by atoms with E-state index in [4.69, 9.17) is 9.47 Å². The Morgan fingerprint density at radius 1 is 1.03 bits per heavy atom. The zero-order valence-corrected chi connectivity index (χ0v) is 18.8. The molecule has 4 aromatic rings. The van der Waals surface area contributed by atoms with Crippen LogP contribution in [0.5, 0.6) is 11.5 Å². The van der Waals surface area contributed by atoms with Crippen molar-refractivity contribution in [3.8, 4) is 22.9 Å². The van der Waals surface area contributed by atoms with Gasteiger partial charge in [-0.25, -0.2) is 4.98 Å². The van der Waals surface area contributed by atoms with Crippen LogP contribution in [0, 0.1) is 6.92 Å². The van der Waals surface area contributed by atoms with Gasteiger partial charge in [-0.15, -0.1) is 0 Å². The Hall–Kier alpha value is -4.06. The predicted octanol–water partition coefficient (Wildman–Crippen LogP) is 4.55. The standard InChI is InChI=1S/C28H23N3O3/c1-17-14-29-26(30-17)19-8-6-18(7-9-19)15-31-23-5-3-2-4-21(23)28(27(31)32)16-34-25-13-24-20(10-11-33-24)12-22(25)28/h2-9,12-14H,10-11,15-16H2,1H3,(H,29,30). The zero-order valence-electron chi connectivity index (χ0n) is 18.8. The van der Waals surface area contributed by atoms with Crippen molar-refractivity contribution in [1.82, 2.24) is 9.97 Å². The predicted molar refractivity (Wildman–Crippen MR) is 128 cm³/mol. The Labute approximate surface area is 197 Å². The molecule has 6 heteroatoms. The summed E-state index contributed by atoms with van der Waals surface area (Å²) in [6, 6.07) is 20.4. The van der Waals surface area contributed by atoms with Crippen LogP contribution in [0.1, 0.15) is 27.9 Å². The molecule has 6 nitrogen and oxygen atoms in total. The maximum absolute atomic E-state index is 14.1. The Bertz CT molecular complexity index is 1460. The number of amides is 1. The van der Waals surface area contributed by atoms with Gasteiger partial charge in [-0.3, -0.25) is 4.79 Å². The number of H-pyrrole nitrogens is 1. The van der Waals surface area contributed by atoms with Gasteiger partial charge in [0.05, 0.1) is 13.2 Å². The van der Waals surface area contributed by atoms with Crippen molar-refractivity contribution in [2.24, 2.45) is 0 Å². The smallest absolute Gasteiger partial charge is 0.246 e. The summed E-state index contributed by atoms with van der Waals surface area (Å²) in [5, 5.41) is 0. The molecule has 0 fully saturated rings. The topological polar surface area (TPSA) is 67.5 Å². The monoisotopic (exact) mass is 449 g/mol. The second-order valence-corrected chi connectivity index (χ2v) is 9.27. The molecule has 0 bridgehead atoms. The second kappa shape index (κ2) is 6.97. The lowest BCUT2D eigenvalue weighted by molar-refractivity contribution is -0.122. The van der Waals surface area contributed by atoms with E-state index in [0.29, 0.717) is 19.8 Å². The molecule has 1 amide bonds. The molecule has 1 N–H and O–H groups in total. The number of nitrogens with zero attached hydrogens (tertiary/aromatic N) is 2. The van der Waals surface area contributed by atoms with Gasteiger partial charge in [0.1, 0.15) is 29.3 Å². The third-order valence-electron chi connectivity index (χ3n) is 7.23. The van der Waals surface area contributed by atoms with E-state index in [1.165, 1.54) is 0 Å². The number of benzene rings is 3. The molecule has 3 aliphatic rings. The molecule has 1 spiro atoms. The highest BCUT2D eigenvalue weighted by Crippen LogP contribution is 2.54. The van der Waals surface area contributed by atoms with Gasteiger partial charge in [-0.05, 0) is 35.7 Å². The van der Waals surface area contributed by atoms with Crippen LogP contribution in [0.15, 0.2) is 66.9 Å². The Morgan fingerprint density at radius 3 is 2.71 bits per heavy atom. The van der Waals surface area contributed by atoms with Gasteiger partial charge in [0.2, 0.25) is 5.91 Å². The van der Waals surface area contributed by atoms with Crippen molar-refractivity contribution in [3.05, 3.63) is 94.8 Å². The summed E-state index contributed by atoms with van der Waals surface area (Å²) in [5.74, 6) is 2.54. The van der Waals surface area contributed by atoms with Crippen molar-refractivity contribution in [3.63, 3.8) is 0 Å². The van der Waals surface area contributed by atoms with Crippen molar-refractivity contribution < 1.29 is 14.3 Å². The lowest BCUT2D eigenvalue weighted by Gasteiger charge is -2.23. The maximum atomic E-state index is 14.1. The number of para-hydroxylation sites is 1. The van der Waals surface area contributed by atoms with Crippen molar-refractivity contribution in [2.75, 3.05) is 18.1 Å². The summed E-state index contributed by atoms with van der Waals surface area (Å²) in [4.78, 5) is 23.7. The molecule has 1 unspecified atom stereocenters. The number of imidazole rings is 1. The van der Waals surface area contributed by atoms with Crippen molar-refractivity contribution >= 4 is 11.6 Å². The number of anilines is 1. The van der Waals surface area contributed by atoms with E-state index in [9.17, 15) is 4.79 Å². The SMILES string of the molecule is Cc1cnc(-c2ccc(CN3C(=O)C4(COc5cc6c(cc54)CCO6)c4ccccc43)cc2)[nH]1. The number of hydrogen-bond donors (Lipinski definition) is 1. The molecule has 3 aromatic carbocycles. The van der Waals surface area contributed by atoms with E-state index in [1.54, 1.807) is 0 Å². The quantitative estimate of drug-likeness (QED) is 0.499. The number of rotatable bonds is 3. The molecule has 0 radical (unpaired) electrons. The number of hydrogen-bond acceptors (Lipinski definition) is 4. The summed E-state index contributed by atoms with van der Waals surface area (Å²) in [7, 11) is 0. The number of ether oxygens (including phenoxy) is 2. The fourth-order valence-corrected chi connectivity index (χ4v) is 5.52. The van der Waals surface area contributed by atoms with Gasteiger partial charge in [-0.1, -0.05) is 42.5 Å². The molecule has 168 valence electrons. The molecular formula is C28H23N3O3. The second-order valence-electron chi connectivity index (χ2n) is 9.27. The number of aryl methyl sites for hydroxylation is 1. The molecule has 4 heterocycles. The van der Waals surface area contributed by atoms with Gasteiger partial charge in [0.25, 0.3) is 0 Å². The Morgan fingerprint density at radius 2 is 1.88 bits per heavy atom. The molecule has 0 aliphatic carbocycles. The molecule has 1 aromatic heterocycles. The number of carbonyl (C=O) groups excluding carboxylic acids is 1. The van der Waals surface area contributed by atoms with Gasteiger partial charge in [-0.2, -0.15) is 0 Å². The largest absolute Gasteiger partial charge is 0.493 e. The van der Waals surface area contributed by atoms with Crippen molar-refractivity contribution in [1.29, 1.82) is 0 Å². The lowest BCUT2D eigenvalue weighted by Crippen LogP contribution is -2.42. The van der Waals surface area contributed by atoms with Gasteiger partial charge < -0.3 is 19.4 Å². The van der Waals surface area contributed by atoms with Crippen LogP contribution in [-0.2, 0) is 23.2 Å². The number of fused-ring (bicyclic) bond motifs is 5. The lowest BCUT2D eigenvalue weighted by atomic mass is 9.76. The number of nitrogens with one attached hydrogen (secondary N) is 1. The Balaban J connectivity index is 1.27. The first-order valence-corrected chi connectivity index (χ1v) is 11.6. The minimum Gasteiger partial charge on any atom is -0.493 e. The van der Waals surface area contributed by atoms with E-state index in [2.05, 4.69) is 34.2 Å². The number of aromatic amines is 1. The maximum Gasteiger partial charge on any atom is 0.246 e. The number of aromatic nitrogens is 2. The summed E-state index contributed by atoms with van der Waals surface area (Å²) >= 11 is 0. The first-order valence-electron chi connectivity index (χ1n) is 11.6. The third-order valence-corrected chi connectivity index (χ3v) is 7.23. The van der Waals surface area contributed by atoms with Crippen LogP contribution in [-0.4, -0.2) is 29.1 Å². The fraction of sp³-hybridized carbons (Fsp3) is 0.214. The third kappa shape index (κ3) is 2.62. The average molecular weight is 450 g/mol. The summed E-state index contributed by atoms with van der Waals surface area (Å²) in [6.45, 7) is 3.48. The molecule has 0 saturated heterocycles. The fourth-order valence-electron chi connectivity index (χ4n) is 5.52. The van der Waals surface area contributed by atoms with E-state index < -0.39 is 5.41 Å². The highest BCUT2D eigenvalue weighted by atomic mass is 16.5. The van der Waals surface area contributed by atoms with E-state index >= 15 is 0 Å². The van der Waals surface area contributed by atoms with E-state index in [-0.39, 0.29) is 5.91 Å². The first kappa shape index (κ1) is 19.4. The van der Waals surface area contributed by atoms with Gasteiger partial charge in [0.15, 0.2) is 0 Å². The van der Waals surface area contributed by atoms with Crippen LogP contribution in [0.4, 0.5) is 5.69 Å². The van der Waals surface area contributed by atoms with Crippen molar-refractivity contribution in [2.45, 2.75) is 25.3 Å². The molecule has 0 saturated carbocycles. The van der Waals surface area contributed by atoms with Crippen LogP contribution in [0.2, 0.25) is 0 Å². The van der Waals surface area contributed by atoms with Crippen LogP contribution >= 0.6 is 0 Å². The highest BCUT2D eigenvalue weighted by molar-refractivity contribution is 6.11. The highest BCUT2D eigenvalue weighted by Gasteiger charge is 2.57. The van der Waals surface area contributed by atoms with Crippen LogP contribution < -0.4 is 14.4 Å². The molecule has 1 atom stereocenters. The minimum atomic E-state index is -0.810. The minimum absolute atomic E-state index is 0.0667. The normalized spacial score (nSPS) is 19.7. The average Bonchev–Trinajstić information content (AvgIpc) is 3.63. The summed E-state index contributed by atoms with van der Waals surface area (Å²) < 4.78 is 11.8. The van der Waals surface area contributed by atoms with Gasteiger partial charge >= 0.3 is 0 Å².